The first-order valence-corrected chi connectivity index (χ1v) is 14.3. The van der Waals surface area contributed by atoms with Crippen LogP contribution in [0.4, 0.5) is 21.6 Å². The Morgan fingerprint density at radius 2 is 1.98 bits per heavy atom. The number of nitrogens with one attached hydrogen (secondary N) is 3. The Balaban J connectivity index is 1.43. The molecular formula is C31H34FN9O3. The maximum atomic E-state index is 14.4. The van der Waals surface area contributed by atoms with E-state index in [4.69, 9.17) is 0 Å². The molecule has 4 N–H and O–H groups in total. The second-order valence-electron chi connectivity index (χ2n) is 11.3. The third-order valence-electron chi connectivity index (χ3n) is 7.53. The molecule has 2 amide bonds. The molecule has 1 aliphatic rings. The van der Waals surface area contributed by atoms with Gasteiger partial charge in [0, 0.05) is 32.3 Å². The van der Waals surface area contributed by atoms with Crippen molar-refractivity contribution < 1.29 is 19.1 Å². The summed E-state index contributed by atoms with van der Waals surface area (Å²) in [5.41, 5.74) is 1.82. The average Bonchev–Trinajstić information content (AvgIpc) is 3.65. The number of fused-ring (bicyclic) bond motifs is 1. The molecule has 0 saturated carbocycles. The first kappa shape index (κ1) is 30.4. The summed E-state index contributed by atoms with van der Waals surface area (Å²) in [6.07, 6.45) is 4.79. The van der Waals surface area contributed by atoms with Gasteiger partial charge in [0.15, 0.2) is 0 Å². The molecule has 0 radical (unpaired) electrons. The SMILES string of the molecule is CC(=O)NCC1CCCN1c1ccc(Nc2cc(-c3ccc4cc(C#N)cnn34)ncc2C(=O)NCC(F)C(C)(C)O)cn1. The van der Waals surface area contributed by atoms with Crippen molar-refractivity contribution in [1.29, 1.82) is 5.26 Å². The summed E-state index contributed by atoms with van der Waals surface area (Å²) in [6, 6.07) is 13.0. The molecule has 1 fully saturated rings. The Morgan fingerprint density at radius 1 is 1.16 bits per heavy atom. The average molecular weight is 600 g/mol. The van der Waals surface area contributed by atoms with E-state index in [-0.39, 0.29) is 24.1 Å². The first-order chi connectivity index (χ1) is 21.0. The van der Waals surface area contributed by atoms with E-state index in [0.717, 1.165) is 25.2 Å². The Labute approximate surface area is 253 Å². The van der Waals surface area contributed by atoms with E-state index in [0.29, 0.717) is 40.4 Å². The summed E-state index contributed by atoms with van der Waals surface area (Å²) in [5, 5.41) is 32.2. The molecule has 1 saturated heterocycles. The van der Waals surface area contributed by atoms with Gasteiger partial charge in [-0.2, -0.15) is 10.4 Å². The Bertz CT molecular complexity index is 1710. The molecule has 1 aliphatic heterocycles. The van der Waals surface area contributed by atoms with Gasteiger partial charge in [0.2, 0.25) is 5.91 Å². The summed E-state index contributed by atoms with van der Waals surface area (Å²) in [5.74, 6) is 0.136. The van der Waals surface area contributed by atoms with Crippen molar-refractivity contribution in [2.45, 2.75) is 51.4 Å². The zero-order valence-electron chi connectivity index (χ0n) is 24.7. The lowest BCUT2D eigenvalue weighted by atomic mass is 10.0. The number of anilines is 3. The van der Waals surface area contributed by atoms with Crippen LogP contribution in [0.2, 0.25) is 0 Å². The van der Waals surface area contributed by atoms with Crippen molar-refractivity contribution in [2.24, 2.45) is 0 Å². The third-order valence-corrected chi connectivity index (χ3v) is 7.53. The summed E-state index contributed by atoms with van der Waals surface area (Å²) >= 11 is 0. The van der Waals surface area contributed by atoms with Crippen LogP contribution in [0.25, 0.3) is 16.9 Å². The zero-order valence-corrected chi connectivity index (χ0v) is 24.7. The molecule has 0 aliphatic carbocycles. The van der Waals surface area contributed by atoms with Gasteiger partial charge >= 0.3 is 0 Å². The molecule has 0 bridgehead atoms. The number of nitrogens with zero attached hydrogens (tertiary/aromatic N) is 6. The molecule has 0 spiro atoms. The standard InChI is InChI=1S/C31H34FN9O3/c1-19(42)34-16-23-5-4-10-40(23)29-9-6-21(15-36-29)39-25-12-26(27-8-7-22-11-20(13-33)14-38-41(22)27)35-17-24(25)30(43)37-18-28(32)31(2,3)44/h6-9,11-12,14-15,17,23,28,44H,4-5,10,16,18H2,1-3H3,(H,34,42)(H,35,39)(H,37,43). The topological polar surface area (TPSA) is 161 Å². The molecular weight excluding hydrogens is 565 g/mol. The van der Waals surface area contributed by atoms with Gasteiger partial charge in [-0.1, -0.05) is 0 Å². The fourth-order valence-electron chi connectivity index (χ4n) is 5.06. The minimum Gasteiger partial charge on any atom is -0.387 e. The lowest BCUT2D eigenvalue weighted by molar-refractivity contribution is -0.119. The number of halogens is 1. The largest absolute Gasteiger partial charge is 0.387 e. The maximum absolute atomic E-state index is 14.4. The minimum atomic E-state index is -1.68. The number of pyridine rings is 2. The van der Waals surface area contributed by atoms with Crippen LogP contribution in [-0.4, -0.2) is 74.0 Å². The van der Waals surface area contributed by atoms with Crippen molar-refractivity contribution in [3.63, 3.8) is 0 Å². The van der Waals surface area contributed by atoms with E-state index in [9.17, 15) is 24.3 Å². The molecule has 2 atom stereocenters. The molecule has 4 aromatic heterocycles. The van der Waals surface area contributed by atoms with Gasteiger partial charge in [-0.05, 0) is 63.1 Å². The lowest BCUT2D eigenvalue weighted by Crippen LogP contribution is -2.42. The second-order valence-corrected chi connectivity index (χ2v) is 11.3. The molecule has 5 heterocycles. The van der Waals surface area contributed by atoms with Crippen LogP contribution in [-0.2, 0) is 4.79 Å². The number of hydrogen-bond acceptors (Lipinski definition) is 9. The normalized spacial score (nSPS) is 15.5. The van der Waals surface area contributed by atoms with E-state index in [2.05, 4.69) is 42.0 Å². The third kappa shape index (κ3) is 6.76. The number of aromatic nitrogens is 4. The van der Waals surface area contributed by atoms with Gasteiger partial charge in [0.05, 0.1) is 63.9 Å². The number of aliphatic hydroxyl groups is 1. The van der Waals surface area contributed by atoms with Crippen molar-refractivity contribution in [3.05, 3.63) is 66.1 Å². The predicted molar refractivity (Wildman–Crippen MR) is 163 cm³/mol. The van der Waals surface area contributed by atoms with Crippen LogP contribution in [0.15, 0.2) is 55.0 Å². The van der Waals surface area contributed by atoms with Crippen molar-refractivity contribution in [1.82, 2.24) is 30.2 Å². The summed E-state index contributed by atoms with van der Waals surface area (Å²) < 4.78 is 16.1. The van der Waals surface area contributed by atoms with E-state index >= 15 is 0 Å². The van der Waals surface area contributed by atoms with Crippen molar-refractivity contribution >= 4 is 34.5 Å². The van der Waals surface area contributed by atoms with E-state index in [1.165, 1.54) is 33.2 Å². The Hall–Kier alpha value is -5.09. The Kier molecular flexibility index (Phi) is 8.73. The highest BCUT2D eigenvalue weighted by molar-refractivity contribution is 6.00. The minimum absolute atomic E-state index is 0.0705. The van der Waals surface area contributed by atoms with Crippen LogP contribution in [0, 0.1) is 11.3 Å². The second kappa shape index (κ2) is 12.6. The number of hydrogen-bond donors (Lipinski definition) is 4. The van der Waals surface area contributed by atoms with Crippen LogP contribution < -0.4 is 20.9 Å². The van der Waals surface area contributed by atoms with Gasteiger partial charge in [-0.25, -0.2) is 13.9 Å². The number of carbonyl (C=O) groups is 2. The van der Waals surface area contributed by atoms with Crippen LogP contribution in [0.5, 0.6) is 0 Å². The fourth-order valence-corrected chi connectivity index (χ4v) is 5.06. The van der Waals surface area contributed by atoms with Gasteiger partial charge < -0.3 is 26.0 Å². The smallest absolute Gasteiger partial charge is 0.255 e. The van der Waals surface area contributed by atoms with E-state index < -0.39 is 17.7 Å². The highest BCUT2D eigenvalue weighted by atomic mass is 19.1. The summed E-state index contributed by atoms with van der Waals surface area (Å²) in [4.78, 5) is 35.9. The fraction of sp³-hybridized carbons (Fsp3) is 0.355. The van der Waals surface area contributed by atoms with Crippen LogP contribution >= 0.6 is 0 Å². The molecule has 2 unspecified atom stereocenters. The highest BCUT2D eigenvalue weighted by Gasteiger charge is 2.28. The zero-order chi connectivity index (χ0) is 31.4. The lowest BCUT2D eigenvalue weighted by Gasteiger charge is -2.26. The number of carbonyl (C=O) groups excluding carboxylic acids is 2. The summed E-state index contributed by atoms with van der Waals surface area (Å²) in [7, 11) is 0. The molecule has 4 aromatic rings. The van der Waals surface area contributed by atoms with Gasteiger partial charge in [-0.15, -0.1) is 0 Å². The van der Waals surface area contributed by atoms with E-state index in [1.807, 2.05) is 24.3 Å². The van der Waals surface area contributed by atoms with Gasteiger partial charge in [0.25, 0.3) is 5.91 Å². The van der Waals surface area contributed by atoms with Crippen LogP contribution in [0.1, 0.15) is 49.5 Å². The summed E-state index contributed by atoms with van der Waals surface area (Å²) in [6.45, 7) is 5.16. The molecule has 228 valence electrons. The molecule has 44 heavy (non-hydrogen) atoms. The monoisotopic (exact) mass is 599 g/mol. The molecule has 13 heteroatoms. The number of rotatable bonds is 10. The number of alkyl halides is 1. The molecule has 5 rings (SSSR count). The first-order valence-electron chi connectivity index (χ1n) is 14.3. The quantitative estimate of drug-likeness (QED) is 0.214. The van der Waals surface area contributed by atoms with Gasteiger partial charge in [0.1, 0.15) is 18.1 Å². The number of amides is 2. The molecule has 12 nitrogen and oxygen atoms in total. The van der Waals surface area contributed by atoms with Crippen LogP contribution in [0.3, 0.4) is 0 Å². The highest BCUT2D eigenvalue weighted by Crippen LogP contribution is 2.29. The number of nitriles is 1. The predicted octanol–water partition coefficient (Wildman–Crippen LogP) is 3.35. The maximum Gasteiger partial charge on any atom is 0.255 e. The Morgan fingerprint density at radius 3 is 2.68 bits per heavy atom. The van der Waals surface area contributed by atoms with Crippen molar-refractivity contribution in [3.8, 4) is 17.5 Å². The molecule has 0 aromatic carbocycles. The van der Waals surface area contributed by atoms with E-state index in [1.54, 1.807) is 22.8 Å². The van der Waals surface area contributed by atoms with Gasteiger partial charge in [-0.3, -0.25) is 14.6 Å². The van der Waals surface area contributed by atoms with Crippen molar-refractivity contribution in [2.75, 3.05) is 29.9 Å².